The normalized spacial score (nSPS) is 16.5. The van der Waals surface area contributed by atoms with E-state index in [0.29, 0.717) is 12.4 Å². The van der Waals surface area contributed by atoms with Gasteiger partial charge in [0.25, 0.3) is 10.1 Å². The topological polar surface area (TPSA) is 91.3 Å². The molecule has 0 spiro atoms. The summed E-state index contributed by atoms with van der Waals surface area (Å²) in [6.07, 6.45) is 1.17. The van der Waals surface area contributed by atoms with Crippen molar-refractivity contribution in [2.24, 2.45) is 5.41 Å². The maximum absolute atomic E-state index is 11.1. The molecule has 3 rings (SSSR count). The van der Waals surface area contributed by atoms with Crippen LogP contribution in [0.4, 0.5) is 0 Å². The van der Waals surface area contributed by atoms with Gasteiger partial charge in [0.1, 0.15) is 11.5 Å². The van der Waals surface area contributed by atoms with Crippen molar-refractivity contribution in [1.82, 2.24) is 0 Å². The van der Waals surface area contributed by atoms with Gasteiger partial charge in [0.2, 0.25) is 0 Å². The molecule has 1 N–H and O–H groups in total. The molecule has 0 aliphatic carbocycles. The summed E-state index contributed by atoms with van der Waals surface area (Å²) < 4.78 is 53.0. The maximum Gasteiger partial charge on any atom is 0.292 e. The smallest absolute Gasteiger partial charge is 0.292 e. The fourth-order valence-corrected chi connectivity index (χ4v) is 3.75. The first-order valence-corrected chi connectivity index (χ1v) is 11.5. The van der Waals surface area contributed by atoms with E-state index in [1.54, 1.807) is 19.1 Å². The van der Waals surface area contributed by atoms with E-state index in [0.717, 1.165) is 36.5 Å². The number of hydrogen-bond acceptors (Lipinski definition) is 6. The highest BCUT2D eigenvalue weighted by Gasteiger charge is 2.37. The first-order chi connectivity index (χ1) is 14.3. The van der Waals surface area contributed by atoms with E-state index in [4.69, 9.17) is 23.5 Å². The van der Waals surface area contributed by atoms with E-state index in [9.17, 15) is 8.42 Å². The van der Waals surface area contributed by atoms with Crippen molar-refractivity contribution in [3.8, 4) is 22.6 Å². The monoisotopic (exact) mass is 436 g/mol. The Labute approximate surface area is 177 Å². The number of ether oxygens (including phenoxy) is 4. The minimum atomic E-state index is -4.25. The second-order valence-electron chi connectivity index (χ2n) is 7.47. The van der Waals surface area contributed by atoms with Crippen LogP contribution in [-0.4, -0.2) is 45.0 Å². The predicted octanol–water partition coefficient (Wildman–Crippen LogP) is 4.14. The molecule has 30 heavy (non-hydrogen) atoms. The average molecular weight is 437 g/mol. The van der Waals surface area contributed by atoms with Crippen molar-refractivity contribution in [2.75, 3.05) is 26.6 Å². The summed E-state index contributed by atoms with van der Waals surface area (Å²) in [5, 5.41) is 0. The van der Waals surface area contributed by atoms with Crippen LogP contribution in [0.3, 0.4) is 0 Å². The molecule has 1 aliphatic rings. The molecule has 0 amide bonds. The fourth-order valence-electron chi connectivity index (χ4n) is 3.10. The summed E-state index contributed by atoms with van der Waals surface area (Å²) in [4.78, 5) is 0. The minimum absolute atomic E-state index is 0.133. The van der Waals surface area contributed by atoms with Crippen LogP contribution in [0.5, 0.6) is 11.5 Å². The van der Waals surface area contributed by atoms with Gasteiger partial charge in [0, 0.05) is 0 Å². The van der Waals surface area contributed by atoms with Gasteiger partial charge in [0.05, 0.1) is 25.2 Å². The molecular weight excluding hydrogens is 408 g/mol. The van der Waals surface area contributed by atoms with Gasteiger partial charge in [-0.1, -0.05) is 38.1 Å². The molecule has 2 aromatic rings. The molecule has 2 aromatic carbocycles. The van der Waals surface area contributed by atoms with Crippen LogP contribution >= 0.6 is 0 Å². The van der Waals surface area contributed by atoms with E-state index in [1.165, 1.54) is 0 Å². The second-order valence-corrected chi connectivity index (χ2v) is 9.02. The SMILES string of the molecule is CCC(OCOc1ccc(-c2ccc(OCC3(CC)COC3)cc2)cc1)S(=O)(=O)O. The Hall–Kier alpha value is -2.13. The average Bonchev–Trinajstić information content (AvgIpc) is 2.71. The standard InChI is InChI=1S/C22H28O7S/c1-3-21(30(23,24)25)29-16-28-20-11-7-18(8-12-20)17-5-9-19(10-6-17)27-15-22(4-2)13-26-14-22/h5-12,21H,3-4,13-16H2,1-2H3,(H,23,24,25). The summed E-state index contributed by atoms with van der Waals surface area (Å²) in [7, 11) is -4.25. The molecule has 1 heterocycles. The zero-order chi connectivity index (χ0) is 21.6. The number of benzene rings is 2. The molecule has 0 radical (unpaired) electrons. The Balaban J connectivity index is 1.52. The van der Waals surface area contributed by atoms with Crippen LogP contribution in [-0.2, 0) is 19.6 Å². The zero-order valence-corrected chi connectivity index (χ0v) is 18.1. The first kappa shape index (κ1) is 22.6. The van der Waals surface area contributed by atoms with Gasteiger partial charge < -0.3 is 18.9 Å². The van der Waals surface area contributed by atoms with Gasteiger partial charge in [0.15, 0.2) is 12.2 Å². The molecule has 8 heteroatoms. The quantitative estimate of drug-likeness (QED) is 0.418. The number of rotatable bonds is 11. The summed E-state index contributed by atoms with van der Waals surface area (Å²) in [6.45, 7) is 5.67. The van der Waals surface area contributed by atoms with Crippen LogP contribution in [0, 0.1) is 5.41 Å². The predicted molar refractivity (Wildman–Crippen MR) is 113 cm³/mol. The van der Waals surface area contributed by atoms with Gasteiger partial charge in [-0.2, -0.15) is 8.42 Å². The third-order valence-electron chi connectivity index (χ3n) is 5.30. The molecule has 1 aliphatic heterocycles. The largest absolute Gasteiger partial charge is 0.493 e. The van der Waals surface area contributed by atoms with Crippen LogP contribution in [0.2, 0.25) is 0 Å². The lowest BCUT2D eigenvalue weighted by Crippen LogP contribution is -2.46. The van der Waals surface area contributed by atoms with Crippen molar-refractivity contribution in [3.05, 3.63) is 48.5 Å². The third-order valence-corrected chi connectivity index (χ3v) is 6.43. The molecule has 164 valence electrons. The Bertz CT molecular complexity index is 898. The molecule has 0 aromatic heterocycles. The molecule has 7 nitrogen and oxygen atoms in total. The highest BCUT2D eigenvalue weighted by molar-refractivity contribution is 7.86. The maximum atomic E-state index is 11.1. The lowest BCUT2D eigenvalue weighted by molar-refractivity contribution is -0.133. The van der Waals surface area contributed by atoms with E-state index in [1.807, 2.05) is 36.4 Å². The summed E-state index contributed by atoms with van der Waals surface area (Å²) in [6, 6.07) is 15.3. The highest BCUT2D eigenvalue weighted by atomic mass is 32.2. The molecular formula is C22H28O7S. The second kappa shape index (κ2) is 9.78. The van der Waals surface area contributed by atoms with E-state index in [-0.39, 0.29) is 18.6 Å². The van der Waals surface area contributed by atoms with E-state index in [2.05, 4.69) is 6.92 Å². The molecule has 1 saturated heterocycles. The van der Waals surface area contributed by atoms with Crippen molar-refractivity contribution < 1.29 is 31.9 Å². The summed E-state index contributed by atoms with van der Waals surface area (Å²) >= 11 is 0. The first-order valence-electron chi connectivity index (χ1n) is 9.97. The Morgan fingerprint density at radius 1 is 0.967 bits per heavy atom. The molecule has 1 unspecified atom stereocenters. The van der Waals surface area contributed by atoms with Crippen LogP contribution in [0.25, 0.3) is 11.1 Å². The van der Waals surface area contributed by atoms with E-state index < -0.39 is 15.6 Å². The number of hydrogen-bond donors (Lipinski definition) is 1. The van der Waals surface area contributed by atoms with Crippen molar-refractivity contribution in [2.45, 2.75) is 32.1 Å². The van der Waals surface area contributed by atoms with Crippen molar-refractivity contribution in [1.29, 1.82) is 0 Å². The van der Waals surface area contributed by atoms with Gasteiger partial charge in [-0.05, 0) is 48.2 Å². The van der Waals surface area contributed by atoms with Gasteiger partial charge in [-0.15, -0.1) is 0 Å². The van der Waals surface area contributed by atoms with Crippen LogP contribution in [0.1, 0.15) is 26.7 Å². The van der Waals surface area contributed by atoms with Crippen molar-refractivity contribution in [3.63, 3.8) is 0 Å². The Kier molecular flexibility index (Phi) is 7.36. The Morgan fingerprint density at radius 2 is 1.50 bits per heavy atom. The van der Waals surface area contributed by atoms with Gasteiger partial charge >= 0.3 is 0 Å². The molecule has 0 bridgehead atoms. The van der Waals surface area contributed by atoms with Gasteiger partial charge in [-0.3, -0.25) is 4.55 Å². The zero-order valence-electron chi connectivity index (χ0n) is 17.2. The third kappa shape index (κ3) is 5.72. The molecule has 1 atom stereocenters. The van der Waals surface area contributed by atoms with Crippen molar-refractivity contribution >= 4 is 10.1 Å². The fraction of sp³-hybridized carbons (Fsp3) is 0.455. The minimum Gasteiger partial charge on any atom is -0.493 e. The summed E-state index contributed by atoms with van der Waals surface area (Å²) in [5.74, 6) is 1.37. The molecule has 0 saturated carbocycles. The Morgan fingerprint density at radius 3 is 1.90 bits per heavy atom. The van der Waals surface area contributed by atoms with E-state index >= 15 is 0 Å². The van der Waals surface area contributed by atoms with Gasteiger partial charge in [-0.25, -0.2) is 0 Å². The van der Waals surface area contributed by atoms with Crippen LogP contribution in [0.15, 0.2) is 48.5 Å². The lowest BCUT2D eigenvalue weighted by atomic mass is 9.84. The summed E-state index contributed by atoms with van der Waals surface area (Å²) in [5.41, 5.74) is 0.911. The van der Waals surface area contributed by atoms with Crippen LogP contribution < -0.4 is 9.47 Å². The highest BCUT2D eigenvalue weighted by Crippen LogP contribution is 2.32. The lowest BCUT2D eigenvalue weighted by Gasteiger charge is -2.40. The molecule has 1 fully saturated rings.